The van der Waals surface area contributed by atoms with Gasteiger partial charge >= 0.3 is 106 Å². The summed E-state index contributed by atoms with van der Waals surface area (Å²) in [6.07, 6.45) is 0. The molecule has 1 unspecified atom stereocenters. The van der Waals surface area contributed by atoms with Gasteiger partial charge in [-0.1, -0.05) is 0 Å². The SMILES string of the molecule is c1ccc(P(c2ccccc2)[CH]2[CH2][Os]2)cc1. The summed E-state index contributed by atoms with van der Waals surface area (Å²) in [6.45, 7) is 0. The van der Waals surface area contributed by atoms with Crippen molar-refractivity contribution in [2.75, 3.05) is 0 Å². The molecule has 0 saturated carbocycles. The molecule has 1 aliphatic rings. The Balaban J connectivity index is 1.99. The summed E-state index contributed by atoms with van der Waals surface area (Å²) in [4.78, 5) is 1.55. The van der Waals surface area contributed by atoms with E-state index in [1.54, 1.807) is 15.6 Å². The Morgan fingerprint density at radius 3 is 1.62 bits per heavy atom. The maximum atomic E-state index is 2.31. The minimum atomic E-state index is -0.0370. The molecule has 0 amide bonds. The Kier molecular flexibility index (Phi) is 3.19. The van der Waals surface area contributed by atoms with Crippen LogP contribution in [0.1, 0.15) is 0 Å². The predicted octanol–water partition coefficient (Wildman–Crippen LogP) is 2.96. The molecule has 0 radical (unpaired) electrons. The second-order valence-electron chi connectivity index (χ2n) is 3.75. The van der Waals surface area contributed by atoms with Crippen molar-refractivity contribution in [1.82, 2.24) is 0 Å². The van der Waals surface area contributed by atoms with Gasteiger partial charge in [0, 0.05) is 0 Å². The summed E-state index contributed by atoms with van der Waals surface area (Å²) in [7, 11) is -0.0370. The van der Waals surface area contributed by atoms with E-state index < -0.39 is 0 Å². The van der Waals surface area contributed by atoms with E-state index in [0.717, 1.165) is 4.21 Å². The van der Waals surface area contributed by atoms with Gasteiger partial charge in [0.1, 0.15) is 0 Å². The summed E-state index contributed by atoms with van der Waals surface area (Å²) in [5.41, 5.74) is 0. The Labute approximate surface area is 106 Å². The summed E-state index contributed by atoms with van der Waals surface area (Å²) in [6, 6.07) is 22.2. The van der Waals surface area contributed by atoms with Crippen molar-refractivity contribution in [3.8, 4) is 0 Å². The van der Waals surface area contributed by atoms with E-state index in [2.05, 4.69) is 60.7 Å². The van der Waals surface area contributed by atoms with Crippen molar-refractivity contribution in [1.29, 1.82) is 0 Å². The topological polar surface area (TPSA) is 0 Å². The van der Waals surface area contributed by atoms with Crippen LogP contribution in [0.2, 0.25) is 4.98 Å². The van der Waals surface area contributed by atoms with Crippen LogP contribution in [0.15, 0.2) is 60.7 Å². The van der Waals surface area contributed by atoms with E-state index in [-0.39, 0.29) is 25.3 Å². The van der Waals surface area contributed by atoms with Crippen LogP contribution < -0.4 is 10.6 Å². The molecule has 0 N–H and O–H groups in total. The Bertz CT molecular complexity index is 411. The van der Waals surface area contributed by atoms with Crippen LogP contribution in [0, 0.1) is 0 Å². The molecule has 2 heteroatoms. The molecule has 0 aliphatic carbocycles. The van der Waals surface area contributed by atoms with Crippen LogP contribution in [-0.2, 0) is 17.4 Å². The molecule has 1 saturated heterocycles. The third-order valence-electron chi connectivity index (χ3n) is 2.62. The van der Waals surface area contributed by atoms with E-state index in [9.17, 15) is 0 Å². The van der Waals surface area contributed by atoms with Crippen molar-refractivity contribution >= 4 is 18.5 Å². The van der Waals surface area contributed by atoms with Crippen LogP contribution in [-0.4, -0.2) is 4.21 Å². The second-order valence-corrected chi connectivity index (χ2v) is 11.1. The van der Waals surface area contributed by atoms with Crippen molar-refractivity contribution in [2.45, 2.75) is 9.19 Å². The maximum absolute atomic E-state index is 2.31. The molecule has 3 rings (SSSR count). The fraction of sp³-hybridized carbons (Fsp3) is 0.143. The summed E-state index contributed by atoms with van der Waals surface area (Å²) in [5, 5.41) is 3.14. The average Bonchev–Trinajstić information content (AvgIpc) is 3.17. The third kappa shape index (κ3) is 2.27. The van der Waals surface area contributed by atoms with Gasteiger partial charge in [0.15, 0.2) is 0 Å². The molecular weight excluding hydrogens is 389 g/mol. The van der Waals surface area contributed by atoms with E-state index >= 15 is 0 Å². The molecule has 0 aromatic heterocycles. The van der Waals surface area contributed by atoms with Crippen LogP contribution in [0.4, 0.5) is 0 Å². The first-order valence-corrected chi connectivity index (χ1v) is 10.1. The normalized spacial score (nSPS) is 19.2. The quantitative estimate of drug-likeness (QED) is 0.693. The fourth-order valence-electron chi connectivity index (χ4n) is 1.81. The monoisotopic (exact) mass is 404 g/mol. The zero-order valence-corrected chi connectivity index (χ0v) is 12.3. The van der Waals surface area contributed by atoms with Crippen molar-refractivity contribution in [3.63, 3.8) is 0 Å². The zero-order valence-electron chi connectivity index (χ0n) is 8.86. The molecule has 1 aliphatic heterocycles. The van der Waals surface area contributed by atoms with Gasteiger partial charge in [0.25, 0.3) is 0 Å². The van der Waals surface area contributed by atoms with Gasteiger partial charge < -0.3 is 0 Å². The Morgan fingerprint density at radius 1 is 0.812 bits per heavy atom. The number of rotatable bonds is 3. The number of hydrogen-bond acceptors (Lipinski definition) is 0. The summed E-state index contributed by atoms with van der Waals surface area (Å²) < 4.78 is 1.07. The van der Waals surface area contributed by atoms with Crippen LogP contribution in [0.25, 0.3) is 0 Å². The van der Waals surface area contributed by atoms with Gasteiger partial charge in [-0.2, -0.15) is 0 Å². The van der Waals surface area contributed by atoms with E-state index in [1.807, 2.05) is 0 Å². The van der Waals surface area contributed by atoms with E-state index in [0.29, 0.717) is 0 Å². The van der Waals surface area contributed by atoms with Crippen LogP contribution in [0.5, 0.6) is 0 Å². The van der Waals surface area contributed by atoms with Gasteiger partial charge in [-0.15, -0.1) is 0 Å². The summed E-state index contributed by atoms with van der Waals surface area (Å²) in [5.74, 6) is 0. The molecule has 2 aromatic carbocycles. The molecule has 1 heterocycles. The van der Waals surface area contributed by atoms with Gasteiger partial charge in [0.2, 0.25) is 0 Å². The van der Waals surface area contributed by atoms with Gasteiger partial charge in [-0.05, 0) is 0 Å². The van der Waals surface area contributed by atoms with Crippen LogP contribution >= 0.6 is 7.92 Å². The molecule has 0 spiro atoms. The molecular formula is C14H13OsP. The molecule has 16 heavy (non-hydrogen) atoms. The first kappa shape index (κ1) is 10.6. The molecule has 0 nitrogen and oxygen atoms in total. The van der Waals surface area contributed by atoms with Gasteiger partial charge in [-0.25, -0.2) is 0 Å². The van der Waals surface area contributed by atoms with E-state index in [4.69, 9.17) is 0 Å². The van der Waals surface area contributed by atoms with Crippen LogP contribution in [0.3, 0.4) is 0 Å². The van der Waals surface area contributed by atoms with Gasteiger partial charge in [0.05, 0.1) is 0 Å². The number of hydrogen-bond donors (Lipinski definition) is 0. The van der Waals surface area contributed by atoms with Crippen molar-refractivity contribution in [3.05, 3.63) is 60.7 Å². The first-order valence-electron chi connectivity index (χ1n) is 5.39. The molecule has 1 fully saturated rings. The standard InChI is InChI=1S/C14H13P.Os/c1-2-15(13-9-5-3-6-10-13)14-11-7-4-8-12-14;/h2-12H,1H2;. The predicted molar refractivity (Wildman–Crippen MR) is 67.7 cm³/mol. The molecule has 82 valence electrons. The Morgan fingerprint density at radius 2 is 1.25 bits per heavy atom. The zero-order chi connectivity index (χ0) is 10.8. The number of benzene rings is 2. The Hall–Kier alpha value is -0.494. The van der Waals surface area contributed by atoms with E-state index in [1.165, 1.54) is 0 Å². The average molecular weight is 402 g/mol. The third-order valence-corrected chi connectivity index (χ3v) is 10.9. The van der Waals surface area contributed by atoms with Crippen molar-refractivity contribution in [2.24, 2.45) is 0 Å². The van der Waals surface area contributed by atoms with Gasteiger partial charge in [-0.3, -0.25) is 0 Å². The first-order chi connectivity index (χ1) is 7.95. The van der Waals surface area contributed by atoms with Crippen molar-refractivity contribution < 1.29 is 17.4 Å². The molecule has 1 atom stereocenters. The summed E-state index contributed by atoms with van der Waals surface area (Å²) >= 11 is 0.274. The fourth-order valence-corrected chi connectivity index (χ4v) is 9.92. The molecule has 2 aromatic rings. The second kappa shape index (κ2) is 4.79. The minimum absolute atomic E-state index is 0.0370. The molecule has 0 bridgehead atoms.